The van der Waals surface area contributed by atoms with Crippen LogP contribution < -0.4 is 10.3 Å². The van der Waals surface area contributed by atoms with Crippen molar-refractivity contribution in [2.45, 2.75) is 26.1 Å². The highest BCUT2D eigenvalue weighted by atomic mass is 16.3. The molecule has 128 valence electrons. The summed E-state index contributed by atoms with van der Waals surface area (Å²) in [5.74, 6) is 1.11. The van der Waals surface area contributed by atoms with Gasteiger partial charge in [-0.3, -0.25) is 5.43 Å². The maximum Gasteiger partial charge on any atom is 0.168 e. The minimum Gasteiger partial charge on any atom is -0.392 e. The van der Waals surface area contributed by atoms with E-state index in [9.17, 15) is 10.2 Å². The molecule has 0 aliphatic rings. The molecule has 2 atom stereocenters. The first-order valence-electron chi connectivity index (χ1n) is 7.83. The van der Waals surface area contributed by atoms with Crippen LogP contribution in [0.1, 0.15) is 19.4 Å². The van der Waals surface area contributed by atoms with Crippen molar-refractivity contribution >= 4 is 17.9 Å². The second-order valence-corrected chi connectivity index (χ2v) is 5.66. The third-order valence-corrected chi connectivity index (χ3v) is 3.14. The van der Waals surface area contributed by atoms with Crippen LogP contribution in [0.15, 0.2) is 47.6 Å². The van der Waals surface area contributed by atoms with Crippen molar-refractivity contribution in [3.63, 3.8) is 0 Å². The largest absolute Gasteiger partial charge is 0.392 e. The van der Waals surface area contributed by atoms with E-state index in [1.54, 1.807) is 37.1 Å². The number of hydrogen-bond acceptors (Lipinski definition) is 7. The van der Waals surface area contributed by atoms with E-state index in [4.69, 9.17) is 0 Å². The van der Waals surface area contributed by atoms with Crippen LogP contribution in [0, 0.1) is 0 Å². The van der Waals surface area contributed by atoms with Crippen LogP contribution in [-0.4, -0.2) is 51.9 Å². The minimum absolute atomic E-state index is 0.374. The quantitative estimate of drug-likeness (QED) is 0.502. The molecule has 0 amide bonds. The summed E-state index contributed by atoms with van der Waals surface area (Å²) in [6, 6.07) is 13.2. The number of benzene rings is 1. The van der Waals surface area contributed by atoms with Gasteiger partial charge < -0.3 is 15.1 Å². The van der Waals surface area contributed by atoms with Gasteiger partial charge in [0.1, 0.15) is 0 Å². The van der Waals surface area contributed by atoms with Crippen LogP contribution >= 0.6 is 0 Å². The van der Waals surface area contributed by atoms with Gasteiger partial charge in [0, 0.05) is 13.1 Å². The van der Waals surface area contributed by atoms with Gasteiger partial charge in [0.25, 0.3) is 0 Å². The Bertz CT molecular complexity index is 619. The summed E-state index contributed by atoms with van der Waals surface area (Å²) in [4.78, 5) is 1.79. The average Bonchev–Trinajstić information content (AvgIpc) is 2.55. The molecule has 1 aromatic heterocycles. The van der Waals surface area contributed by atoms with Gasteiger partial charge in [0.15, 0.2) is 11.6 Å². The van der Waals surface area contributed by atoms with Gasteiger partial charge in [0.05, 0.1) is 18.4 Å². The van der Waals surface area contributed by atoms with Crippen LogP contribution in [0.2, 0.25) is 0 Å². The number of hydrogen-bond donors (Lipinski definition) is 3. The van der Waals surface area contributed by atoms with E-state index < -0.39 is 12.2 Å². The van der Waals surface area contributed by atoms with Crippen molar-refractivity contribution in [1.29, 1.82) is 0 Å². The lowest BCUT2D eigenvalue weighted by Crippen LogP contribution is -2.37. The van der Waals surface area contributed by atoms with Gasteiger partial charge >= 0.3 is 0 Å². The number of aliphatic hydroxyl groups excluding tert-OH is 2. The summed E-state index contributed by atoms with van der Waals surface area (Å²) in [5, 5.41) is 31.5. The zero-order valence-electron chi connectivity index (χ0n) is 13.9. The fourth-order valence-corrected chi connectivity index (χ4v) is 2.17. The Morgan fingerprint density at radius 3 is 2.25 bits per heavy atom. The number of hydrazone groups is 1. The second-order valence-electron chi connectivity index (χ2n) is 5.66. The number of nitrogens with zero attached hydrogens (tertiary/aromatic N) is 4. The Kier molecular flexibility index (Phi) is 6.65. The molecule has 1 aromatic carbocycles. The van der Waals surface area contributed by atoms with E-state index in [-0.39, 0.29) is 0 Å². The van der Waals surface area contributed by atoms with Gasteiger partial charge in [-0.25, -0.2) is 0 Å². The van der Waals surface area contributed by atoms with Crippen LogP contribution in [0.4, 0.5) is 11.6 Å². The van der Waals surface area contributed by atoms with Crippen LogP contribution in [0.25, 0.3) is 0 Å². The van der Waals surface area contributed by atoms with E-state index >= 15 is 0 Å². The third-order valence-electron chi connectivity index (χ3n) is 3.14. The Hall–Kier alpha value is -2.51. The van der Waals surface area contributed by atoms with Crippen molar-refractivity contribution in [2.24, 2.45) is 5.10 Å². The fourth-order valence-electron chi connectivity index (χ4n) is 2.17. The monoisotopic (exact) mass is 329 g/mol. The first-order chi connectivity index (χ1) is 11.5. The van der Waals surface area contributed by atoms with E-state index in [1.807, 2.05) is 30.3 Å². The molecule has 0 saturated carbocycles. The fraction of sp³-hybridized carbons (Fsp3) is 0.353. The highest BCUT2D eigenvalue weighted by molar-refractivity contribution is 5.79. The maximum absolute atomic E-state index is 9.57. The molecule has 0 unspecified atom stereocenters. The molecular formula is C17H23N5O2. The van der Waals surface area contributed by atoms with E-state index in [0.717, 1.165) is 5.56 Å². The molecule has 0 aliphatic carbocycles. The standard InChI is InChI=1S/C17H23N5O2/c1-13(23)11-22(12-14(2)24)17-9-8-16(20-21-17)19-18-10-15-6-4-3-5-7-15/h3-10,13-14,23-24H,11-12H2,1-2H3,(H,19,20)/b18-10-/t13-,14-/m0/s1. The molecule has 0 radical (unpaired) electrons. The highest BCUT2D eigenvalue weighted by Crippen LogP contribution is 2.13. The molecule has 0 bridgehead atoms. The summed E-state index contributed by atoms with van der Waals surface area (Å²) >= 11 is 0. The number of rotatable bonds is 8. The molecule has 0 fully saturated rings. The number of aliphatic hydroxyl groups is 2. The van der Waals surface area contributed by atoms with Gasteiger partial charge in [-0.1, -0.05) is 30.3 Å². The topological polar surface area (TPSA) is 93.9 Å². The molecule has 2 rings (SSSR count). The number of anilines is 2. The van der Waals surface area contributed by atoms with Crippen molar-refractivity contribution in [1.82, 2.24) is 10.2 Å². The summed E-state index contributed by atoms with van der Waals surface area (Å²) in [6.07, 6.45) is 0.639. The van der Waals surface area contributed by atoms with Crippen LogP contribution in [-0.2, 0) is 0 Å². The van der Waals surface area contributed by atoms with Crippen molar-refractivity contribution < 1.29 is 10.2 Å². The SMILES string of the molecule is C[C@H](O)CN(C[C@H](C)O)c1ccc(N/N=C\c2ccccc2)nn1. The Balaban J connectivity index is 1.99. The molecule has 7 nitrogen and oxygen atoms in total. The predicted octanol–water partition coefficient (Wildman–Crippen LogP) is 1.49. The molecule has 0 saturated heterocycles. The van der Waals surface area contributed by atoms with Crippen LogP contribution in [0.5, 0.6) is 0 Å². The molecule has 24 heavy (non-hydrogen) atoms. The minimum atomic E-state index is -0.529. The van der Waals surface area contributed by atoms with E-state index in [1.165, 1.54) is 0 Å². The second kappa shape index (κ2) is 8.95. The van der Waals surface area contributed by atoms with Crippen LogP contribution in [0.3, 0.4) is 0 Å². The van der Waals surface area contributed by atoms with Crippen molar-refractivity contribution in [3.05, 3.63) is 48.0 Å². The summed E-state index contributed by atoms with van der Waals surface area (Å²) in [7, 11) is 0. The van der Waals surface area contributed by atoms with E-state index in [2.05, 4.69) is 20.7 Å². The molecular weight excluding hydrogens is 306 g/mol. The molecule has 3 N–H and O–H groups in total. The third kappa shape index (κ3) is 5.94. The van der Waals surface area contributed by atoms with Crippen molar-refractivity contribution in [2.75, 3.05) is 23.4 Å². The lowest BCUT2D eigenvalue weighted by Gasteiger charge is -2.25. The van der Waals surface area contributed by atoms with E-state index in [0.29, 0.717) is 24.7 Å². The maximum atomic E-state index is 9.57. The summed E-state index contributed by atoms with van der Waals surface area (Å²) in [5.41, 5.74) is 3.80. The predicted molar refractivity (Wildman–Crippen MR) is 95.3 cm³/mol. The first kappa shape index (κ1) is 17.8. The lowest BCUT2D eigenvalue weighted by atomic mass is 10.2. The normalized spacial score (nSPS) is 13.7. The zero-order valence-corrected chi connectivity index (χ0v) is 13.9. The van der Waals surface area contributed by atoms with Gasteiger partial charge in [-0.05, 0) is 31.5 Å². The smallest absolute Gasteiger partial charge is 0.168 e. The Morgan fingerprint density at radius 1 is 1.04 bits per heavy atom. The number of nitrogens with one attached hydrogen (secondary N) is 1. The summed E-state index contributed by atoms with van der Waals surface area (Å²) in [6.45, 7) is 4.13. The number of aromatic nitrogens is 2. The molecule has 1 heterocycles. The van der Waals surface area contributed by atoms with Gasteiger partial charge in [0.2, 0.25) is 0 Å². The Morgan fingerprint density at radius 2 is 1.71 bits per heavy atom. The van der Waals surface area contributed by atoms with Gasteiger partial charge in [-0.15, -0.1) is 10.2 Å². The molecule has 2 aromatic rings. The average molecular weight is 329 g/mol. The molecule has 0 aliphatic heterocycles. The highest BCUT2D eigenvalue weighted by Gasteiger charge is 2.13. The molecule has 7 heteroatoms. The van der Waals surface area contributed by atoms with Crippen molar-refractivity contribution in [3.8, 4) is 0 Å². The first-order valence-corrected chi connectivity index (χ1v) is 7.83. The summed E-state index contributed by atoms with van der Waals surface area (Å²) < 4.78 is 0. The lowest BCUT2D eigenvalue weighted by molar-refractivity contribution is 0.177. The zero-order chi connectivity index (χ0) is 17.4. The van der Waals surface area contributed by atoms with Gasteiger partial charge in [-0.2, -0.15) is 5.10 Å². The Labute approximate surface area is 141 Å². The molecule has 0 spiro atoms.